The predicted molar refractivity (Wildman–Crippen MR) is 97.4 cm³/mol. The maximum atomic E-state index is 12.2. The SMILES string of the molecule is CC(=O)Nc1ccc(O[S@](=O)Nc2nnc(C)c3ccccc23)cc1. The Bertz CT molecular complexity index is 944. The second kappa shape index (κ2) is 7.27. The van der Waals surface area contributed by atoms with E-state index in [9.17, 15) is 9.00 Å². The molecule has 1 atom stereocenters. The second-order valence-electron chi connectivity index (χ2n) is 5.31. The van der Waals surface area contributed by atoms with Gasteiger partial charge in [0.05, 0.1) is 5.69 Å². The van der Waals surface area contributed by atoms with Crippen LogP contribution in [0.3, 0.4) is 0 Å². The number of amides is 1. The summed E-state index contributed by atoms with van der Waals surface area (Å²) in [5, 5.41) is 12.5. The lowest BCUT2D eigenvalue weighted by atomic mass is 10.1. The summed E-state index contributed by atoms with van der Waals surface area (Å²) in [6, 6.07) is 14.1. The quantitative estimate of drug-likeness (QED) is 0.733. The van der Waals surface area contributed by atoms with Gasteiger partial charge in [-0.2, -0.15) is 9.31 Å². The Labute approximate surface area is 147 Å². The molecule has 0 spiro atoms. The van der Waals surface area contributed by atoms with Gasteiger partial charge >= 0.3 is 11.3 Å². The fourth-order valence-electron chi connectivity index (χ4n) is 2.30. The van der Waals surface area contributed by atoms with E-state index in [2.05, 4.69) is 20.2 Å². The third kappa shape index (κ3) is 4.10. The van der Waals surface area contributed by atoms with Crippen LogP contribution >= 0.6 is 0 Å². The van der Waals surface area contributed by atoms with E-state index >= 15 is 0 Å². The number of nitrogens with one attached hydrogen (secondary N) is 2. The molecule has 7 nitrogen and oxygen atoms in total. The first-order valence-corrected chi connectivity index (χ1v) is 8.57. The van der Waals surface area contributed by atoms with E-state index in [0.29, 0.717) is 17.3 Å². The van der Waals surface area contributed by atoms with Crippen LogP contribution in [0.25, 0.3) is 10.8 Å². The van der Waals surface area contributed by atoms with Crippen molar-refractivity contribution in [2.75, 3.05) is 10.0 Å². The fraction of sp³-hybridized carbons (Fsp3) is 0.118. The number of nitrogens with zero attached hydrogens (tertiary/aromatic N) is 2. The Hall–Kier alpha value is -3.00. The molecule has 3 aromatic rings. The number of aryl methyl sites for hydroxylation is 1. The Balaban J connectivity index is 1.73. The molecule has 2 aromatic carbocycles. The molecule has 2 N–H and O–H groups in total. The van der Waals surface area contributed by atoms with Gasteiger partial charge in [0, 0.05) is 23.4 Å². The van der Waals surface area contributed by atoms with Gasteiger partial charge in [-0.05, 0) is 31.2 Å². The standard InChI is InChI=1S/C17H16N4O3S/c1-11-15-5-3-4-6-16(15)17(20-19-11)21-25(23)24-14-9-7-13(8-10-14)18-12(2)22/h3-10H,1-2H3,(H,18,22)(H,20,21)/t25-/m0/s1. The summed E-state index contributed by atoms with van der Waals surface area (Å²) in [6.07, 6.45) is 0. The average molecular weight is 356 g/mol. The van der Waals surface area contributed by atoms with Gasteiger partial charge in [-0.25, -0.2) is 0 Å². The van der Waals surface area contributed by atoms with Crippen LogP contribution in [0.5, 0.6) is 5.75 Å². The molecule has 128 valence electrons. The predicted octanol–water partition coefficient (Wildman–Crippen LogP) is 2.97. The molecular formula is C17H16N4O3S. The minimum absolute atomic E-state index is 0.163. The molecule has 0 fully saturated rings. The number of fused-ring (bicyclic) bond motifs is 1. The molecule has 0 unspecified atom stereocenters. The summed E-state index contributed by atoms with van der Waals surface area (Å²) in [4.78, 5) is 11.0. The van der Waals surface area contributed by atoms with Crippen LogP contribution in [0.4, 0.5) is 11.5 Å². The molecule has 0 aliphatic heterocycles. The fourth-order valence-corrected chi connectivity index (χ4v) is 2.93. The normalized spacial score (nSPS) is 11.8. The first-order valence-electron chi connectivity index (χ1n) is 7.49. The van der Waals surface area contributed by atoms with Crippen molar-refractivity contribution >= 4 is 39.5 Å². The molecule has 1 aromatic heterocycles. The highest BCUT2D eigenvalue weighted by atomic mass is 32.2. The highest BCUT2D eigenvalue weighted by Gasteiger charge is 2.10. The zero-order valence-corrected chi connectivity index (χ0v) is 14.5. The van der Waals surface area contributed by atoms with E-state index in [1.54, 1.807) is 24.3 Å². The maximum absolute atomic E-state index is 12.2. The van der Waals surface area contributed by atoms with Crippen molar-refractivity contribution in [2.24, 2.45) is 0 Å². The van der Waals surface area contributed by atoms with Crippen LogP contribution in [0.1, 0.15) is 12.6 Å². The van der Waals surface area contributed by atoms with Gasteiger partial charge in [-0.15, -0.1) is 5.10 Å². The Morgan fingerprint density at radius 3 is 2.40 bits per heavy atom. The molecule has 0 aliphatic carbocycles. The van der Waals surface area contributed by atoms with E-state index in [0.717, 1.165) is 16.5 Å². The topological polar surface area (TPSA) is 93.2 Å². The molecular weight excluding hydrogens is 340 g/mol. The van der Waals surface area contributed by atoms with Crippen LogP contribution in [-0.2, 0) is 16.1 Å². The van der Waals surface area contributed by atoms with Crippen molar-refractivity contribution in [3.8, 4) is 5.75 Å². The minimum atomic E-state index is -1.84. The van der Waals surface area contributed by atoms with E-state index < -0.39 is 11.3 Å². The molecule has 25 heavy (non-hydrogen) atoms. The highest BCUT2D eigenvalue weighted by Crippen LogP contribution is 2.23. The molecule has 1 amide bonds. The number of carbonyl (C=O) groups is 1. The summed E-state index contributed by atoms with van der Waals surface area (Å²) in [5.41, 5.74) is 1.43. The maximum Gasteiger partial charge on any atom is 0.317 e. The van der Waals surface area contributed by atoms with E-state index in [1.165, 1.54) is 6.92 Å². The number of benzene rings is 2. The molecule has 0 radical (unpaired) electrons. The van der Waals surface area contributed by atoms with Crippen LogP contribution in [-0.4, -0.2) is 20.3 Å². The smallest absolute Gasteiger partial charge is 0.317 e. The summed E-state index contributed by atoms with van der Waals surface area (Å²) < 4.78 is 20.3. The Morgan fingerprint density at radius 1 is 1.04 bits per heavy atom. The van der Waals surface area contributed by atoms with Crippen molar-refractivity contribution in [1.29, 1.82) is 0 Å². The lowest BCUT2D eigenvalue weighted by molar-refractivity contribution is -0.114. The lowest BCUT2D eigenvalue weighted by Crippen LogP contribution is -2.13. The summed E-state index contributed by atoms with van der Waals surface area (Å²) in [5.74, 6) is 0.613. The van der Waals surface area contributed by atoms with Gasteiger partial charge in [0.15, 0.2) is 5.82 Å². The van der Waals surface area contributed by atoms with E-state index in [1.807, 2.05) is 31.2 Å². The number of hydrogen-bond donors (Lipinski definition) is 2. The minimum Gasteiger partial charge on any atom is -0.385 e. The highest BCUT2D eigenvalue weighted by molar-refractivity contribution is 7.82. The van der Waals surface area contributed by atoms with Crippen molar-refractivity contribution in [3.63, 3.8) is 0 Å². The van der Waals surface area contributed by atoms with Crippen molar-refractivity contribution < 1.29 is 13.2 Å². The Kier molecular flexibility index (Phi) is 4.90. The van der Waals surface area contributed by atoms with Gasteiger partial charge in [0.2, 0.25) is 5.91 Å². The largest absolute Gasteiger partial charge is 0.385 e. The number of anilines is 2. The van der Waals surface area contributed by atoms with Gasteiger partial charge < -0.3 is 9.50 Å². The van der Waals surface area contributed by atoms with Crippen LogP contribution in [0, 0.1) is 6.92 Å². The van der Waals surface area contributed by atoms with Gasteiger partial charge in [-0.3, -0.25) is 9.52 Å². The third-order valence-corrected chi connectivity index (χ3v) is 4.10. The molecule has 0 saturated heterocycles. The number of carbonyl (C=O) groups excluding carboxylic acids is 1. The second-order valence-corrected chi connectivity index (χ2v) is 6.15. The van der Waals surface area contributed by atoms with Crippen LogP contribution in [0.2, 0.25) is 0 Å². The first-order chi connectivity index (χ1) is 12.0. The van der Waals surface area contributed by atoms with Crippen LogP contribution in [0.15, 0.2) is 48.5 Å². The van der Waals surface area contributed by atoms with Gasteiger partial charge in [0.25, 0.3) is 0 Å². The Morgan fingerprint density at radius 2 is 1.72 bits per heavy atom. The van der Waals surface area contributed by atoms with Gasteiger partial charge in [-0.1, -0.05) is 24.3 Å². The van der Waals surface area contributed by atoms with Crippen molar-refractivity contribution in [1.82, 2.24) is 10.2 Å². The zero-order valence-electron chi connectivity index (χ0n) is 13.6. The monoisotopic (exact) mass is 356 g/mol. The van der Waals surface area contributed by atoms with E-state index in [4.69, 9.17) is 4.18 Å². The van der Waals surface area contributed by atoms with Crippen molar-refractivity contribution in [2.45, 2.75) is 13.8 Å². The van der Waals surface area contributed by atoms with E-state index in [-0.39, 0.29) is 5.91 Å². The number of rotatable bonds is 5. The summed E-state index contributed by atoms with van der Waals surface area (Å²) >= 11 is -1.84. The van der Waals surface area contributed by atoms with Crippen LogP contribution < -0.4 is 14.2 Å². The molecule has 8 heteroatoms. The molecule has 0 bridgehead atoms. The molecule has 0 aliphatic rings. The number of hydrogen-bond acceptors (Lipinski definition) is 5. The third-order valence-electron chi connectivity index (χ3n) is 3.40. The summed E-state index contributed by atoms with van der Waals surface area (Å²) in [6.45, 7) is 3.29. The first kappa shape index (κ1) is 16.8. The van der Waals surface area contributed by atoms with Gasteiger partial charge in [0.1, 0.15) is 5.75 Å². The zero-order chi connectivity index (χ0) is 17.8. The van der Waals surface area contributed by atoms with Crippen molar-refractivity contribution in [3.05, 3.63) is 54.2 Å². The molecule has 3 rings (SSSR count). The summed E-state index contributed by atoms with van der Waals surface area (Å²) in [7, 11) is 0. The molecule has 0 saturated carbocycles. The molecule has 1 heterocycles. The number of aromatic nitrogens is 2. The average Bonchev–Trinajstić information content (AvgIpc) is 2.59. The lowest BCUT2D eigenvalue weighted by Gasteiger charge is -2.10.